The Labute approximate surface area is 140 Å². The summed E-state index contributed by atoms with van der Waals surface area (Å²) in [6, 6.07) is 7.63. The summed E-state index contributed by atoms with van der Waals surface area (Å²) in [4.78, 5) is 14.9. The highest BCUT2D eigenvalue weighted by molar-refractivity contribution is 5.96. The maximum Gasteiger partial charge on any atom is 0.164 e. The van der Waals surface area contributed by atoms with Gasteiger partial charge in [0.05, 0.1) is 6.61 Å². The molecule has 3 aliphatic rings. The maximum atomic E-state index is 12.4. The Morgan fingerprint density at radius 1 is 1.09 bits per heavy atom. The van der Waals surface area contributed by atoms with Gasteiger partial charge < -0.3 is 9.64 Å². The molecule has 0 atom stereocenters. The minimum atomic E-state index is 0.253. The summed E-state index contributed by atoms with van der Waals surface area (Å²) in [6.45, 7) is 6.14. The van der Waals surface area contributed by atoms with Crippen LogP contribution in [0.4, 0.5) is 0 Å². The van der Waals surface area contributed by atoms with Gasteiger partial charge in [-0.3, -0.25) is 4.79 Å². The standard InChI is InChI=1S/C20H29NO2/c1-2-13-23-19-9-7-18(8-10-19)20(22)11-12-21-14-16-3-4-17(15-21)6-5-16/h7-10,16-17H,2-6,11-15H2,1H3. The van der Waals surface area contributed by atoms with E-state index in [1.165, 1.54) is 38.8 Å². The van der Waals surface area contributed by atoms with Crippen molar-refractivity contribution >= 4 is 5.78 Å². The number of hydrogen-bond donors (Lipinski definition) is 0. The summed E-state index contributed by atoms with van der Waals surface area (Å²) in [6.07, 6.45) is 7.22. The molecule has 0 aromatic heterocycles. The minimum absolute atomic E-state index is 0.253. The summed E-state index contributed by atoms with van der Waals surface area (Å²) in [5.41, 5.74) is 0.812. The van der Waals surface area contributed by atoms with E-state index in [-0.39, 0.29) is 5.78 Å². The fourth-order valence-corrected chi connectivity index (χ4v) is 3.95. The van der Waals surface area contributed by atoms with E-state index >= 15 is 0 Å². The van der Waals surface area contributed by atoms with Crippen LogP contribution in [0.2, 0.25) is 0 Å². The molecular weight excluding hydrogens is 286 g/mol. The van der Waals surface area contributed by atoms with E-state index in [9.17, 15) is 4.79 Å². The predicted molar refractivity (Wildman–Crippen MR) is 93.1 cm³/mol. The molecule has 3 fully saturated rings. The fourth-order valence-electron chi connectivity index (χ4n) is 3.95. The predicted octanol–water partition coefficient (Wildman–Crippen LogP) is 4.17. The zero-order valence-corrected chi connectivity index (χ0v) is 14.3. The van der Waals surface area contributed by atoms with E-state index in [0.717, 1.165) is 42.7 Å². The molecule has 23 heavy (non-hydrogen) atoms. The highest BCUT2D eigenvalue weighted by Crippen LogP contribution is 2.33. The first kappa shape index (κ1) is 16.5. The van der Waals surface area contributed by atoms with Gasteiger partial charge in [-0.15, -0.1) is 0 Å². The second-order valence-electron chi connectivity index (χ2n) is 7.19. The first-order chi connectivity index (χ1) is 11.2. The quantitative estimate of drug-likeness (QED) is 0.707. The van der Waals surface area contributed by atoms with Crippen molar-refractivity contribution in [2.24, 2.45) is 11.8 Å². The van der Waals surface area contributed by atoms with Crippen LogP contribution in [0.15, 0.2) is 24.3 Å². The van der Waals surface area contributed by atoms with Gasteiger partial charge in [0.15, 0.2) is 5.78 Å². The van der Waals surface area contributed by atoms with Crippen LogP contribution in [-0.4, -0.2) is 36.9 Å². The van der Waals surface area contributed by atoms with Crippen molar-refractivity contribution in [3.05, 3.63) is 29.8 Å². The van der Waals surface area contributed by atoms with Crippen LogP contribution in [-0.2, 0) is 0 Å². The van der Waals surface area contributed by atoms with Crippen molar-refractivity contribution in [1.29, 1.82) is 0 Å². The molecule has 0 N–H and O–H groups in total. The summed E-state index contributed by atoms with van der Waals surface area (Å²) in [5, 5.41) is 0. The van der Waals surface area contributed by atoms with Crippen molar-refractivity contribution in [3.63, 3.8) is 0 Å². The third kappa shape index (κ3) is 4.57. The molecule has 0 amide bonds. The lowest BCUT2D eigenvalue weighted by atomic mass is 9.84. The number of benzene rings is 1. The van der Waals surface area contributed by atoms with Gasteiger partial charge in [0.25, 0.3) is 0 Å². The molecular formula is C20H29NO2. The van der Waals surface area contributed by atoms with Gasteiger partial charge in [-0.25, -0.2) is 0 Å². The molecule has 1 aliphatic carbocycles. The number of nitrogens with zero attached hydrogens (tertiary/aromatic N) is 1. The number of carbonyl (C=O) groups excluding carboxylic acids is 1. The van der Waals surface area contributed by atoms with Crippen molar-refractivity contribution in [2.45, 2.75) is 45.4 Å². The fraction of sp³-hybridized carbons (Fsp3) is 0.650. The van der Waals surface area contributed by atoms with Gasteiger partial charge >= 0.3 is 0 Å². The molecule has 4 rings (SSSR count). The lowest BCUT2D eigenvalue weighted by Gasteiger charge is -2.21. The highest BCUT2D eigenvalue weighted by atomic mass is 16.5. The van der Waals surface area contributed by atoms with Gasteiger partial charge in [0, 0.05) is 31.6 Å². The van der Waals surface area contributed by atoms with E-state index in [2.05, 4.69) is 11.8 Å². The molecule has 126 valence electrons. The molecule has 2 heterocycles. The zero-order valence-electron chi connectivity index (χ0n) is 14.3. The van der Waals surface area contributed by atoms with Crippen molar-refractivity contribution in [2.75, 3.05) is 26.2 Å². The SMILES string of the molecule is CCCOc1ccc(C(=O)CCN2CC3CCC(CC3)C2)cc1. The number of ether oxygens (including phenoxy) is 1. The summed E-state index contributed by atoms with van der Waals surface area (Å²) < 4.78 is 5.57. The second-order valence-corrected chi connectivity index (χ2v) is 7.19. The number of hydrogen-bond acceptors (Lipinski definition) is 3. The Kier molecular flexibility index (Phi) is 5.71. The zero-order chi connectivity index (χ0) is 16.1. The summed E-state index contributed by atoms with van der Waals surface area (Å²) in [7, 11) is 0. The molecule has 1 aromatic carbocycles. The number of ketones is 1. The topological polar surface area (TPSA) is 29.5 Å². The van der Waals surface area contributed by atoms with Gasteiger partial charge in [0.2, 0.25) is 0 Å². The lowest BCUT2D eigenvalue weighted by Crippen LogP contribution is -2.30. The van der Waals surface area contributed by atoms with Crippen molar-refractivity contribution in [3.8, 4) is 5.75 Å². The van der Waals surface area contributed by atoms with Gasteiger partial charge in [0.1, 0.15) is 5.75 Å². The van der Waals surface area contributed by atoms with Gasteiger partial charge in [-0.05, 0) is 68.2 Å². The molecule has 2 aliphatic heterocycles. The molecule has 3 nitrogen and oxygen atoms in total. The van der Waals surface area contributed by atoms with Crippen LogP contribution in [0.3, 0.4) is 0 Å². The number of fused-ring (bicyclic) bond motifs is 4. The van der Waals surface area contributed by atoms with Crippen LogP contribution < -0.4 is 4.74 Å². The largest absolute Gasteiger partial charge is 0.494 e. The monoisotopic (exact) mass is 315 g/mol. The molecule has 1 aromatic rings. The van der Waals surface area contributed by atoms with E-state index in [4.69, 9.17) is 4.74 Å². The Hall–Kier alpha value is -1.35. The third-order valence-corrected chi connectivity index (χ3v) is 5.30. The second kappa shape index (κ2) is 7.96. The average Bonchev–Trinajstić information content (AvgIpc) is 2.91. The molecule has 1 saturated carbocycles. The molecule has 2 saturated heterocycles. The van der Waals surface area contributed by atoms with Crippen LogP contribution in [0.25, 0.3) is 0 Å². The number of Topliss-reactive ketones (excluding diaryl/α,β-unsaturated/α-hetero) is 1. The minimum Gasteiger partial charge on any atom is -0.494 e. The Morgan fingerprint density at radius 2 is 1.70 bits per heavy atom. The highest BCUT2D eigenvalue weighted by Gasteiger charge is 2.29. The molecule has 0 spiro atoms. The van der Waals surface area contributed by atoms with E-state index in [0.29, 0.717) is 6.42 Å². The smallest absolute Gasteiger partial charge is 0.164 e. The lowest BCUT2D eigenvalue weighted by molar-refractivity contribution is 0.0961. The molecule has 3 heteroatoms. The summed E-state index contributed by atoms with van der Waals surface area (Å²) >= 11 is 0. The Bertz CT molecular complexity index is 489. The van der Waals surface area contributed by atoms with Crippen LogP contribution in [0, 0.1) is 11.8 Å². The van der Waals surface area contributed by atoms with Gasteiger partial charge in [-0.2, -0.15) is 0 Å². The van der Waals surface area contributed by atoms with E-state index < -0.39 is 0 Å². The maximum absolute atomic E-state index is 12.4. The van der Waals surface area contributed by atoms with Crippen LogP contribution >= 0.6 is 0 Å². The summed E-state index contributed by atoms with van der Waals surface area (Å²) in [5.74, 6) is 2.86. The molecule has 2 bridgehead atoms. The Balaban J connectivity index is 1.49. The van der Waals surface area contributed by atoms with Crippen molar-refractivity contribution < 1.29 is 9.53 Å². The third-order valence-electron chi connectivity index (χ3n) is 5.30. The number of carbonyl (C=O) groups is 1. The van der Waals surface area contributed by atoms with Crippen LogP contribution in [0.5, 0.6) is 5.75 Å². The average molecular weight is 315 g/mol. The van der Waals surface area contributed by atoms with Gasteiger partial charge in [-0.1, -0.05) is 6.92 Å². The number of rotatable bonds is 7. The van der Waals surface area contributed by atoms with Crippen molar-refractivity contribution in [1.82, 2.24) is 4.90 Å². The molecule has 0 unspecified atom stereocenters. The Morgan fingerprint density at radius 3 is 2.26 bits per heavy atom. The normalized spacial score (nSPS) is 24.4. The first-order valence-electron chi connectivity index (χ1n) is 9.23. The van der Waals surface area contributed by atoms with E-state index in [1.54, 1.807) is 0 Å². The molecule has 0 radical (unpaired) electrons. The first-order valence-corrected chi connectivity index (χ1v) is 9.23. The van der Waals surface area contributed by atoms with E-state index in [1.807, 2.05) is 24.3 Å². The van der Waals surface area contributed by atoms with Crippen LogP contribution in [0.1, 0.15) is 55.8 Å².